The van der Waals surface area contributed by atoms with E-state index in [4.69, 9.17) is 25.9 Å². The number of aliphatic hydroxyl groups excluding tert-OH is 1. The topological polar surface area (TPSA) is 59.7 Å². The molecule has 4 nitrogen and oxygen atoms in total. The quantitative estimate of drug-likeness (QED) is 0.596. The summed E-state index contributed by atoms with van der Waals surface area (Å²) in [6.45, 7) is -0.0348. The highest BCUT2D eigenvalue weighted by Crippen LogP contribution is 2.34. The van der Waals surface area contributed by atoms with Gasteiger partial charge in [0.25, 0.3) is 0 Å². The molecule has 0 fully saturated rings. The molecule has 1 N–H and O–H groups in total. The first kappa shape index (κ1) is 13.9. The summed E-state index contributed by atoms with van der Waals surface area (Å²) < 4.78 is 10.5. The van der Waals surface area contributed by atoms with Crippen LogP contribution >= 0.6 is 11.6 Å². The second kappa shape index (κ2) is 5.39. The van der Waals surface area contributed by atoms with Crippen molar-refractivity contribution in [3.63, 3.8) is 0 Å². The van der Waals surface area contributed by atoms with E-state index in [0.29, 0.717) is 33.5 Å². The summed E-state index contributed by atoms with van der Waals surface area (Å²) in [4.78, 5) is 12.3. The highest BCUT2D eigenvalue weighted by Gasteiger charge is 2.14. The van der Waals surface area contributed by atoms with Crippen LogP contribution in [-0.2, 0) is 6.42 Å². The summed E-state index contributed by atoms with van der Waals surface area (Å²) in [7, 11) is 1.52. The van der Waals surface area contributed by atoms with Gasteiger partial charge in [0.1, 0.15) is 11.3 Å². The third kappa shape index (κ3) is 2.26. The zero-order chi connectivity index (χ0) is 15.0. The van der Waals surface area contributed by atoms with Crippen LogP contribution in [0.4, 0.5) is 0 Å². The van der Waals surface area contributed by atoms with E-state index in [2.05, 4.69) is 0 Å². The first-order chi connectivity index (χ1) is 10.2. The number of fused-ring (bicyclic) bond motifs is 3. The largest absolute Gasteiger partial charge is 0.497 e. The van der Waals surface area contributed by atoms with Crippen LogP contribution in [0.15, 0.2) is 39.5 Å². The van der Waals surface area contributed by atoms with E-state index in [1.54, 1.807) is 18.2 Å². The van der Waals surface area contributed by atoms with Crippen molar-refractivity contribution in [2.45, 2.75) is 6.42 Å². The lowest BCUT2D eigenvalue weighted by Gasteiger charge is -2.09. The first-order valence-electron chi connectivity index (χ1n) is 6.48. The molecule has 21 heavy (non-hydrogen) atoms. The van der Waals surface area contributed by atoms with Gasteiger partial charge in [-0.1, -0.05) is 29.8 Å². The molecule has 0 aliphatic heterocycles. The molecule has 0 saturated heterocycles. The number of halogens is 1. The average molecular weight is 305 g/mol. The molecule has 0 unspecified atom stereocenters. The Labute approximate surface area is 125 Å². The molecule has 0 aliphatic carbocycles. The normalized spacial score (nSPS) is 11.2. The van der Waals surface area contributed by atoms with Gasteiger partial charge in [-0.2, -0.15) is 0 Å². The number of rotatable bonds is 3. The van der Waals surface area contributed by atoms with Crippen LogP contribution in [0.25, 0.3) is 21.7 Å². The van der Waals surface area contributed by atoms with Crippen LogP contribution in [0.3, 0.4) is 0 Å². The molecule has 0 saturated carbocycles. The smallest absolute Gasteiger partial charge is 0.344 e. The maximum Gasteiger partial charge on any atom is 0.344 e. The van der Waals surface area contributed by atoms with Gasteiger partial charge in [-0.25, -0.2) is 4.79 Å². The van der Waals surface area contributed by atoms with Crippen LogP contribution in [0, 0.1) is 0 Å². The molecule has 0 aliphatic rings. The lowest BCUT2D eigenvalue weighted by Crippen LogP contribution is -2.05. The second-order valence-corrected chi connectivity index (χ2v) is 5.09. The van der Waals surface area contributed by atoms with E-state index >= 15 is 0 Å². The van der Waals surface area contributed by atoms with Gasteiger partial charge in [0.2, 0.25) is 0 Å². The Bertz CT molecular complexity index is 883. The average Bonchev–Trinajstić information content (AvgIpc) is 2.46. The van der Waals surface area contributed by atoms with E-state index in [9.17, 15) is 4.79 Å². The van der Waals surface area contributed by atoms with E-state index < -0.39 is 5.63 Å². The molecular weight excluding hydrogens is 292 g/mol. The lowest BCUT2D eigenvalue weighted by molar-refractivity contribution is 0.300. The minimum absolute atomic E-state index is 0.0348. The van der Waals surface area contributed by atoms with Crippen molar-refractivity contribution < 1.29 is 14.3 Å². The number of methoxy groups -OCH3 is 1. The number of hydrogen-bond acceptors (Lipinski definition) is 4. The molecule has 0 radical (unpaired) electrons. The molecular formula is C16H13ClO4. The Morgan fingerprint density at radius 1 is 1.29 bits per heavy atom. The van der Waals surface area contributed by atoms with Crippen molar-refractivity contribution in [3.8, 4) is 5.75 Å². The van der Waals surface area contributed by atoms with Crippen LogP contribution in [-0.4, -0.2) is 18.8 Å². The summed E-state index contributed by atoms with van der Waals surface area (Å²) in [5, 5.41) is 11.4. The Hall–Kier alpha value is -2.04. The van der Waals surface area contributed by atoms with Crippen LogP contribution in [0.2, 0.25) is 5.02 Å². The van der Waals surface area contributed by atoms with Gasteiger partial charge in [0.05, 0.1) is 17.5 Å². The van der Waals surface area contributed by atoms with Crippen molar-refractivity contribution in [2.75, 3.05) is 13.7 Å². The van der Waals surface area contributed by atoms with Gasteiger partial charge in [0.15, 0.2) is 0 Å². The summed E-state index contributed by atoms with van der Waals surface area (Å²) >= 11 is 6.31. The zero-order valence-corrected chi connectivity index (χ0v) is 12.1. The minimum Gasteiger partial charge on any atom is -0.497 e. The Morgan fingerprint density at radius 2 is 2.10 bits per heavy atom. The van der Waals surface area contributed by atoms with E-state index in [-0.39, 0.29) is 6.61 Å². The van der Waals surface area contributed by atoms with Crippen molar-refractivity contribution in [1.29, 1.82) is 0 Å². The van der Waals surface area contributed by atoms with E-state index in [1.807, 2.05) is 12.1 Å². The first-order valence-corrected chi connectivity index (χ1v) is 6.86. The Balaban J connectivity index is 2.49. The molecule has 0 bridgehead atoms. The van der Waals surface area contributed by atoms with Crippen molar-refractivity contribution >= 4 is 33.3 Å². The second-order valence-electron chi connectivity index (χ2n) is 4.69. The molecule has 1 aromatic heterocycles. The van der Waals surface area contributed by atoms with Gasteiger partial charge in [0, 0.05) is 23.4 Å². The highest BCUT2D eigenvalue weighted by atomic mass is 35.5. The molecule has 2 aromatic carbocycles. The number of aliphatic hydroxyl groups is 1. The van der Waals surface area contributed by atoms with Gasteiger partial charge in [-0.15, -0.1) is 0 Å². The summed E-state index contributed by atoms with van der Waals surface area (Å²) in [5.74, 6) is 0.529. The third-order valence-corrected chi connectivity index (χ3v) is 3.77. The fourth-order valence-electron chi connectivity index (χ4n) is 2.55. The molecule has 1 heterocycles. The number of hydrogen-bond donors (Lipinski definition) is 1. The summed E-state index contributed by atoms with van der Waals surface area (Å²) in [5.41, 5.74) is 0.696. The molecule has 108 valence electrons. The van der Waals surface area contributed by atoms with Gasteiger partial charge in [-0.05, 0) is 18.1 Å². The number of benzene rings is 2. The van der Waals surface area contributed by atoms with Crippen LogP contribution < -0.4 is 10.4 Å². The monoisotopic (exact) mass is 304 g/mol. The maximum absolute atomic E-state index is 12.3. The van der Waals surface area contributed by atoms with Crippen molar-refractivity contribution in [3.05, 3.63) is 51.3 Å². The summed E-state index contributed by atoms with van der Waals surface area (Å²) in [6.07, 6.45) is 0.390. The van der Waals surface area contributed by atoms with Crippen LogP contribution in [0.1, 0.15) is 5.56 Å². The summed E-state index contributed by atoms with van der Waals surface area (Å²) in [6, 6.07) is 8.79. The lowest BCUT2D eigenvalue weighted by atomic mass is 10.0. The fraction of sp³-hybridized carbons (Fsp3) is 0.188. The number of ether oxygens (including phenoxy) is 1. The zero-order valence-electron chi connectivity index (χ0n) is 11.4. The minimum atomic E-state index is -0.439. The Morgan fingerprint density at radius 3 is 2.81 bits per heavy atom. The molecule has 5 heteroatoms. The predicted octanol–water partition coefficient (Wildman–Crippen LogP) is 3.14. The van der Waals surface area contributed by atoms with Gasteiger partial charge >= 0.3 is 5.63 Å². The van der Waals surface area contributed by atoms with E-state index in [1.165, 1.54) is 7.11 Å². The van der Waals surface area contributed by atoms with E-state index in [0.717, 1.165) is 10.9 Å². The predicted molar refractivity (Wildman–Crippen MR) is 82.3 cm³/mol. The highest BCUT2D eigenvalue weighted by molar-refractivity contribution is 6.37. The molecule has 3 aromatic rings. The van der Waals surface area contributed by atoms with Crippen LogP contribution in [0.5, 0.6) is 5.75 Å². The van der Waals surface area contributed by atoms with Crippen molar-refractivity contribution in [1.82, 2.24) is 0 Å². The molecule has 3 rings (SSSR count). The SMILES string of the molecule is COc1cc(Cl)c2c(c1)oc(=O)c1c(CCO)cccc12. The fourth-order valence-corrected chi connectivity index (χ4v) is 2.85. The van der Waals surface area contributed by atoms with Gasteiger partial charge < -0.3 is 14.3 Å². The maximum atomic E-state index is 12.3. The Kier molecular flexibility index (Phi) is 3.57. The molecule has 0 amide bonds. The standard InChI is InChI=1S/C16H13ClO4/c1-20-10-7-12(17)15-11-4-2-3-9(5-6-18)14(11)16(19)21-13(15)8-10/h2-4,7-8,18H,5-6H2,1H3. The van der Waals surface area contributed by atoms with Crippen molar-refractivity contribution in [2.24, 2.45) is 0 Å². The van der Waals surface area contributed by atoms with Gasteiger partial charge in [-0.3, -0.25) is 0 Å². The molecule has 0 spiro atoms. The molecule has 0 atom stereocenters. The third-order valence-electron chi connectivity index (χ3n) is 3.47.